The van der Waals surface area contributed by atoms with Crippen molar-refractivity contribution in [3.05, 3.63) is 35.7 Å². The first-order valence-corrected chi connectivity index (χ1v) is 5.81. The van der Waals surface area contributed by atoms with Gasteiger partial charge in [0.05, 0.1) is 0 Å². The second-order valence-electron chi connectivity index (χ2n) is 5.42. The van der Waals surface area contributed by atoms with Crippen LogP contribution in [0.5, 0.6) is 0 Å². The summed E-state index contributed by atoms with van der Waals surface area (Å²) < 4.78 is 27.5. The van der Waals surface area contributed by atoms with E-state index >= 15 is 0 Å². The quantitative estimate of drug-likeness (QED) is 0.779. The van der Waals surface area contributed by atoms with E-state index in [9.17, 15) is 8.78 Å². The molecule has 0 aliphatic rings. The molecular formula is C13H16F2N4. The van der Waals surface area contributed by atoms with Crippen molar-refractivity contribution in [2.75, 3.05) is 11.6 Å². The minimum atomic E-state index is -0.944. The van der Waals surface area contributed by atoms with Crippen molar-refractivity contribution in [1.82, 2.24) is 9.66 Å². The molecule has 0 bridgehead atoms. The average molecular weight is 266 g/mol. The van der Waals surface area contributed by atoms with Crippen molar-refractivity contribution in [2.45, 2.75) is 26.2 Å². The van der Waals surface area contributed by atoms with Gasteiger partial charge in [0.15, 0.2) is 17.5 Å². The lowest BCUT2D eigenvalue weighted by Gasteiger charge is -2.17. The molecular weight excluding hydrogens is 250 g/mol. The molecule has 0 spiro atoms. The second-order valence-corrected chi connectivity index (χ2v) is 5.42. The predicted molar refractivity (Wildman–Crippen MR) is 70.8 cm³/mol. The summed E-state index contributed by atoms with van der Waals surface area (Å²) in [4.78, 5) is 4.35. The summed E-state index contributed by atoms with van der Waals surface area (Å²) in [5.41, 5.74) is 6.32. The number of benzene rings is 1. The maximum atomic E-state index is 13.3. The van der Waals surface area contributed by atoms with Gasteiger partial charge >= 0.3 is 0 Å². The highest BCUT2D eigenvalue weighted by molar-refractivity contribution is 5.71. The van der Waals surface area contributed by atoms with E-state index in [1.807, 2.05) is 20.8 Å². The van der Waals surface area contributed by atoms with Gasteiger partial charge in [0.1, 0.15) is 11.5 Å². The average Bonchev–Trinajstić information content (AvgIpc) is 2.60. The topological polar surface area (TPSA) is 69.9 Å². The molecule has 0 fully saturated rings. The molecule has 2 aromatic rings. The van der Waals surface area contributed by atoms with Gasteiger partial charge in [0, 0.05) is 11.0 Å². The zero-order valence-electron chi connectivity index (χ0n) is 11.0. The van der Waals surface area contributed by atoms with E-state index in [1.165, 1.54) is 10.7 Å². The van der Waals surface area contributed by atoms with Crippen LogP contribution < -0.4 is 11.6 Å². The summed E-state index contributed by atoms with van der Waals surface area (Å²) in [6.45, 7) is 5.81. The Bertz CT molecular complexity index is 626. The Hall–Kier alpha value is -2.11. The molecule has 1 heterocycles. The number of hydrogen-bond donors (Lipinski definition) is 2. The highest BCUT2D eigenvalue weighted by Gasteiger charge is 2.24. The molecule has 0 amide bonds. The van der Waals surface area contributed by atoms with Crippen LogP contribution in [0.1, 0.15) is 26.6 Å². The summed E-state index contributed by atoms with van der Waals surface area (Å²) in [6, 6.07) is 3.51. The molecule has 19 heavy (non-hydrogen) atoms. The number of aromatic nitrogens is 2. The van der Waals surface area contributed by atoms with Crippen molar-refractivity contribution >= 4 is 5.82 Å². The Morgan fingerprint density at radius 1 is 1.16 bits per heavy atom. The molecule has 6 heteroatoms. The molecule has 0 saturated heterocycles. The first kappa shape index (κ1) is 13.3. The lowest BCUT2D eigenvalue weighted by molar-refractivity contribution is 0.509. The van der Waals surface area contributed by atoms with Crippen molar-refractivity contribution in [1.29, 1.82) is 0 Å². The lowest BCUT2D eigenvalue weighted by atomic mass is 9.96. The van der Waals surface area contributed by atoms with Gasteiger partial charge in [-0.15, -0.1) is 0 Å². The van der Waals surface area contributed by atoms with E-state index in [0.29, 0.717) is 17.1 Å². The van der Waals surface area contributed by atoms with Gasteiger partial charge in [-0.2, -0.15) is 0 Å². The zero-order valence-corrected chi connectivity index (χ0v) is 11.0. The molecule has 0 saturated carbocycles. The van der Waals surface area contributed by atoms with Gasteiger partial charge in [0.2, 0.25) is 0 Å². The number of nitrogens with zero attached hydrogens (tertiary/aromatic N) is 2. The number of rotatable bonds is 1. The largest absolute Gasteiger partial charge is 0.382 e. The Labute approximate surface area is 110 Å². The maximum absolute atomic E-state index is 13.3. The molecule has 4 nitrogen and oxygen atoms in total. The molecule has 102 valence electrons. The van der Waals surface area contributed by atoms with E-state index in [1.54, 1.807) is 0 Å². The number of nitrogens with two attached hydrogens (primary N) is 2. The van der Waals surface area contributed by atoms with Crippen molar-refractivity contribution < 1.29 is 8.78 Å². The van der Waals surface area contributed by atoms with E-state index in [2.05, 4.69) is 4.98 Å². The van der Waals surface area contributed by atoms with Crippen LogP contribution in [0.15, 0.2) is 18.2 Å². The molecule has 0 radical (unpaired) electrons. The molecule has 2 rings (SSSR count). The fourth-order valence-electron chi connectivity index (χ4n) is 1.83. The van der Waals surface area contributed by atoms with Gasteiger partial charge in [0.25, 0.3) is 0 Å². The van der Waals surface area contributed by atoms with Crippen LogP contribution in [-0.4, -0.2) is 9.66 Å². The fraction of sp³-hybridized carbons (Fsp3) is 0.308. The molecule has 4 N–H and O–H groups in total. The second kappa shape index (κ2) is 4.22. The normalized spacial score (nSPS) is 11.8. The lowest BCUT2D eigenvalue weighted by Crippen LogP contribution is -2.24. The standard InChI is InChI=1S/C13H16F2N4/c1-13(2,3)12-18-10(11(16)19(12)17)7-4-5-8(14)9(15)6-7/h4-6H,16-17H2,1-3H3. The molecule has 1 aromatic carbocycles. The minimum absolute atomic E-state index is 0.218. The molecule has 0 aliphatic carbocycles. The van der Waals surface area contributed by atoms with Crippen molar-refractivity contribution in [3.8, 4) is 11.3 Å². The van der Waals surface area contributed by atoms with Crippen molar-refractivity contribution in [3.63, 3.8) is 0 Å². The Morgan fingerprint density at radius 2 is 1.79 bits per heavy atom. The Morgan fingerprint density at radius 3 is 2.26 bits per heavy atom. The maximum Gasteiger partial charge on any atom is 0.159 e. The molecule has 1 aromatic heterocycles. The zero-order chi connectivity index (χ0) is 14.4. The van der Waals surface area contributed by atoms with Gasteiger partial charge in [-0.3, -0.25) is 0 Å². The Balaban J connectivity index is 2.60. The first-order chi connectivity index (χ1) is 8.71. The van der Waals surface area contributed by atoms with Crippen LogP contribution >= 0.6 is 0 Å². The van der Waals surface area contributed by atoms with Gasteiger partial charge in [-0.1, -0.05) is 20.8 Å². The summed E-state index contributed by atoms with van der Waals surface area (Å²) in [5.74, 6) is 4.79. The van der Waals surface area contributed by atoms with Crippen LogP contribution in [0.4, 0.5) is 14.6 Å². The summed E-state index contributed by atoms with van der Waals surface area (Å²) in [7, 11) is 0. The minimum Gasteiger partial charge on any atom is -0.382 e. The van der Waals surface area contributed by atoms with Crippen LogP contribution in [0, 0.1) is 11.6 Å². The highest BCUT2D eigenvalue weighted by Crippen LogP contribution is 2.30. The molecule has 0 atom stereocenters. The van der Waals surface area contributed by atoms with Gasteiger partial charge in [-0.05, 0) is 18.2 Å². The summed E-state index contributed by atoms with van der Waals surface area (Å²) in [5, 5.41) is 0. The van der Waals surface area contributed by atoms with E-state index in [4.69, 9.17) is 11.6 Å². The van der Waals surface area contributed by atoms with Crippen LogP contribution in [-0.2, 0) is 5.41 Å². The number of imidazole rings is 1. The summed E-state index contributed by atoms with van der Waals surface area (Å²) in [6.07, 6.45) is 0. The number of nitrogen functional groups attached to an aromatic ring is 2. The first-order valence-electron chi connectivity index (χ1n) is 5.81. The van der Waals surface area contributed by atoms with E-state index in [-0.39, 0.29) is 11.2 Å². The van der Waals surface area contributed by atoms with Crippen molar-refractivity contribution in [2.24, 2.45) is 0 Å². The third-order valence-corrected chi connectivity index (χ3v) is 2.81. The Kier molecular flexibility index (Phi) is 2.96. The third kappa shape index (κ3) is 2.25. The summed E-state index contributed by atoms with van der Waals surface area (Å²) >= 11 is 0. The highest BCUT2D eigenvalue weighted by atomic mass is 19.2. The van der Waals surface area contributed by atoms with Crippen LogP contribution in [0.2, 0.25) is 0 Å². The third-order valence-electron chi connectivity index (χ3n) is 2.81. The van der Waals surface area contributed by atoms with Gasteiger partial charge in [-0.25, -0.2) is 18.4 Å². The predicted octanol–water partition coefficient (Wildman–Crippen LogP) is 2.42. The number of hydrogen-bond acceptors (Lipinski definition) is 3. The fourth-order valence-corrected chi connectivity index (χ4v) is 1.83. The number of anilines is 1. The van der Waals surface area contributed by atoms with Crippen LogP contribution in [0.3, 0.4) is 0 Å². The van der Waals surface area contributed by atoms with E-state index < -0.39 is 11.6 Å². The van der Waals surface area contributed by atoms with E-state index in [0.717, 1.165) is 12.1 Å². The molecule has 0 unspecified atom stereocenters. The monoisotopic (exact) mass is 266 g/mol. The van der Waals surface area contributed by atoms with Gasteiger partial charge < -0.3 is 11.6 Å². The van der Waals surface area contributed by atoms with Crippen LogP contribution in [0.25, 0.3) is 11.3 Å². The number of halogens is 2. The molecule has 0 aliphatic heterocycles. The SMILES string of the molecule is CC(C)(C)c1nc(-c2ccc(F)c(F)c2)c(N)n1N. The smallest absolute Gasteiger partial charge is 0.159 e.